The number of carbonyl (C=O) groups is 1. The lowest BCUT2D eigenvalue weighted by Crippen LogP contribution is -2.34. The maximum atomic E-state index is 13.0. The van der Waals surface area contributed by atoms with Crippen molar-refractivity contribution in [3.63, 3.8) is 0 Å². The van der Waals surface area contributed by atoms with E-state index < -0.39 is 17.2 Å². The van der Waals surface area contributed by atoms with Crippen molar-refractivity contribution in [1.82, 2.24) is 9.55 Å². The number of halogens is 1. The van der Waals surface area contributed by atoms with Crippen molar-refractivity contribution in [3.05, 3.63) is 95.8 Å². The summed E-state index contributed by atoms with van der Waals surface area (Å²) in [6, 6.07) is 15.1. The SMILES string of the molecule is O=C(O)c1scc2[nH]c(=O)n(-c3cc(CCc4ccccc4)ccc3Cl)c(=O)c12. The number of benzene rings is 2. The van der Waals surface area contributed by atoms with E-state index in [1.807, 2.05) is 36.4 Å². The zero-order valence-corrected chi connectivity index (χ0v) is 16.6. The lowest BCUT2D eigenvalue weighted by molar-refractivity contribution is 0.0704. The molecule has 4 rings (SSSR count). The van der Waals surface area contributed by atoms with Gasteiger partial charge in [0.05, 0.1) is 21.6 Å². The number of carboxylic acids is 1. The summed E-state index contributed by atoms with van der Waals surface area (Å²) in [6.07, 6.45) is 1.49. The van der Waals surface area contributed by atoms with E-state index in [2.05, 4.69) is 4.98 Å². The number of carboxylic acid groups (broad SMARTS) is 1. The second kappa shape index (κ2) is 7.69. The molecule has 0 amide bonds. The lowest BCUT2D eigenvalue weighted by Gasteiger charge is -2.10. The van der Waals surface area contributed by atoms with Crippen LogP contribution in [0.2, 0.25) is 5.02 Å². The molecule has 2 N–H and O–H groups in total. The van der Waals surface area contributed by atoms with Gasteiger partial charge in [-0.1, -0.05) is 48.0 Å². The normalized spacial score (nSPS) is 11.1. The predicted molar refractivity (Wildman–Crippen MR) is 114 cm³/mol. The van der Waals surface area contributed by atoms with Crippen molar-refractivity contribution in [2.45, 2.75) is 12.8 Å². The summed E-state index contributed by atoms with van der Waals surface area (Å²) in [4.78, 5) is 39.5. The van der Waals surface area contributed by atoms with Gasteiger partial charge in [-0.15, -0.1) is 11.3 Å². The highest BCUT2D eigenvalue weighted by Crippen LogP contribution is 2.24. The maximum Gasteiger partial charge on any atom is 0.346 e. The zero-order chi connectivity index (χ0) is 20.5. The minimum absolute atomic E-state index is 0.0344. The standard InChI is InChI=1S/C21H15ClN2O4S/c22-14-9-8-13(7-6-12-4-2-1-3-5-12)10-16(14)24-19(25)17-15(23-21(24)28)11-29-18(17)20(26)27/h1-5,8-11H,6-7H2,(H,23,28)(H,26,27). The van der Waals surface area contributed by atoms with E-state index in [0.717, 1.165) is 27.9 Å². The van der Waals surface area contributed by atoms with Crippen LogP contribution in [0.5, 0.6) is 0 Å². The molecule has 0 aliphatic carbocycles. The van der Waals surface area contributed by atoms with Crippen molar-refractivity contribution in [3.8, 4) is 5.69 Å². The van der Waals surface area contributed by atoms with Gasteiger partial charge in [-0.2, -0.15) is 0 Å². The molecule has 0 atom stereocenters. The largest absolute Gasteiger partial charge is 0.477 e. The number of H-pyrrole nitrogens is 1. The summed E-state index contributed by atoms with van der Waals surface area (Å²) in [5.74, 6) is -1.22. The van der Waals surface area contributed by atoms with Crippen LogP contribution in [-0.4, -0.2) is 20.6 Å². The Morgan fingerprint density at radius 1 is 1.07 bits per heavy atom. The fraction of sp³-hybridized carbons (Fsp3) is 0.0952. The number of hydrogen-bond acceptors (Lipinski definition) is 4. The zero-order valence-electron chi connectivity index (χ0n) is 15.0. The summed E-state index contributed by atoms with van der Waals surface area (Å²) in [6.45, 7) is 0. The predicted octanol–water partition coefficient (Wildman–Crippen LogP) is 3.88. The van der Waals surface area contributed by atoms with E-state index in [9.17, 15) is 19.5 Å². The van der Waals surface area contributed by atoms with Gasteiger partial charge in [-0.25, -0.2) is 14.2 Å². The Morgan fingerprint density at radius 2 is 1.79 bits per heavy atom. The van der Waals surface area contributed by atoms with Crippen molar-refractivity contribution in [2.24, 2.45) is 0 Å². The molecule has 2 aromatic carbocycles. The number of aromatic nitrogens is 2. The van der Waals surface area contributed by atoms with Gasteiger partial charge in [-0.05, 0) is 36.1 Å². The Labute approximate surface area is 173 Å². The number of rotatable bonds is 5. The number of aromatic amines is 1. The summed E-state index contributed by atoms with van der Waals surface area (Å²) in [7, 11) is 0. The van der Waals surface area contributed by atoms with Crippen LogP contribution in [0.3, 0.4) is 0 Å². The highest BCUT2D eigenvalue weighted by molar-refractivity contribution is 7.13. The molecule has 0 spiro atoms. The number of thiophene rings is 1. The van der Waals surface area contributed by atoms with E-state index in [-0.39, 0.29) is 26.5 Å². The van der Waals surface area contributed by atoms with Gasteiger partial charge in [0, 0.05) is 5.38 Å². The van der Waals surface area contributed by atoms with E-state index in [4.69, 9.17) is 11.6 Å². The van der Waals surface area contributed by atoms with Crippen LogP contribution >= 0.6 is 22.9 Å². The van der Waals surface area contributed by atoms with Crippen molar-refractivity contribution in [1.29, 1.82) is 0 Å². The van der Waals surface area contributed by atoms with E-state index in [0.29, 0.717) is 6.42 Å². The van der Waals surface area contributed by atoms with Crippen LogP contribution in [-0.2, 0) is 12.8 Å². The molecule has 8 heteroatoms. The summed E-state index contributed by atoms with van der Waals surface area (Å²) in [5.41, 5.74) is 1.14. The fourth-order valence-electron chi connectivity index (χ4n) is 3.23. The van der Waals surface area contributed by atoms with Gasteiger partial charge in [-0.3, -0.25) is 4.79 Å². The molecule has 0 unspecified atom stereocenters. The van der Waals surface area contributed by atoms with Crippen LogP contribution < -0.4 is 11.2 Å². The molecule has 0 radical (unpaired) electrons. The second-order valence-electron chi connectivity index (χ2n) is 6.50. The maximum absolute atomic E-state index is 13.0. The molecule has 0 aliphatic rings. The minimum Gasteiger partial charge on any atom is -0.477 e. The molecular formula is C21H15ClN2O4S. The third-order valence-electron chi connectivity index (χ3n) is 4.64. The Bertz CT molecular complexity index is 1340. The smallest absolute Gasteiger partial charge is 0.346 e. The van der Waals surface area contributed by atoms with Gasteiger partial charge in [0.1, 0.15) is 4.88 Å². The highest BCUT2D eigenvalue weighted by atomic mass is 35.5. The number of nitrogens with zero attached hydrogens (tertiary/aromatic N) is 1. The van der Waals surface area contributed by atoms with E-state index in [1.54, 1.807) is 12.1 Å². The molecule has 146 valence electrons. The first-order valence-corrected chi connectivity index (χ1v) is 10.0. The average Bonchev–Trinajstić information content (AvgIpc) is 3.13. The number of aromatic carboxylic acids is 1. The first kappa shape index (κ1) is 19.2. The first-order chi connectivity index (χ1) is 14.0. The molecule has 0 aliphatic heterocycles. The Hall–Kier alpha value is -3.16. The van der Waals surface area contributed by atoms with Crippen LogP contribution in [0.25, 0.3) is 16.6 Å². The molecular weight excluding hydrogens is 412 g/mol. The first-order valence-electron chi connectivity index (χ1n) is 8.78. The van der Waals surface area contributed by atoms with Crippen molar-refractivity contribution in [2.75, 3.05) is 0 Å². The molecule has 4 aromatic rings. The molecule has 0 saturated carbocycles. The van der Waals surface area contributed by atoms with Crippen molar-refractivity contribution >= 4 is 39.8 Å². The third-order valence-corrected chi connectivity index (χ3v) is 5.93. The van der Waals surface area contributed by atoms with E-state index >= 15 is 0 Å². The lowest BCUT2D eigenvalue weighted by atomic mass is 10.0. The number of nitrogens with one attached hydrogen (secondary N) is 1. The Kier molecular flexibility index (Phi) is 5.08. The molecule has 2 aromatic heterocycles. The van der Waals surface area contributed by atoms with Crippen LogP contribution in [0.1, 0.15) is 20.8 Å². The van der Waals surface area contributed by atoms with E-state index in [1.165, 1.54) is 10.9 Å². The fourth-order valence-corrected chi connectivity index (χ4v) is 4.26. The quantitative estimate of drug-likeness (QED) is 0.506. The molecule has 0 bridgehead atoms. The molecule has 2 heterocycles. The third kappa shape index (κ3) is 3.62. The van der Waals surface area contributed by atoms with Gasteiger partial charge in [0.2, 0.25) is 0 Å². The average molecular weight is 427 g/mol. The molecule has 0 saturated heterocycles. The molecule has 6 nitrogen and oxygen atoms in total. The monoisotopic (exact) mass is 426 g/mol. The minimum atomic E-state index is -1.22. The second-order valence-corrected chi connectivity index (χ2v) is 7.79. The van der Waals surface area contributed by atoms with Crippen LogP contribution in [0.4, 0.5) is 0 Å². The van der Waals surface area contributed by atoms with Crippen LogP contribution in [0.15, 0.2) is 63.5 Å². The number of hydrogen-bond donors (Lipinski definition) is 2. The molecule has 29 heavy (non-hydrogen) atoms. The van der Waals surface area contributed by atoms with Gasteiger partial charge in [0.25, 0.3) is 5.56 Å². The number of fused-ring (bicyclic) bond motifs is 1. The van der Waals surface area contributed by atoms with Gasteiger partial charge < -0.3 is 10.1 Å². The van der Waals surface area contributed by atoms with Gasteiger partial charge >= 0.3 is 11.7 Å². The Balaban J connectivity index is 1.81. The van der Waals surface area contributed by atoms with Crippen molar-refractivity contribution < 1.29 is 9.90 Å². The summed E-state index contributed by atoms with van der Waals surface area (Å²) < 4.78 is 0.899. The summed E-state index contributed by atoms with van der Waals surface area (Å²) >= 11 is 7.19. The molecule has 0 fully saturated rings. The topological polar surface area (TPSA) is 92.2 Å². The van der Waals surface area contributed by atoms with Crippen LogP contribution in [0, 0.1) is 0 Å². The highest BCUT2D eigenvalue weighted by Gasteiger charge is 2.20. The van der Waals surface area contributed by atoms with Gasteiger partial charge in [0.15, 0.2) is 0 Å². The Morgan fingerprint density at radius 3 is 2.52 bits per heavy atom. The number of aryl methyl sites for hydroxylation is 2. The summed E-state index contributed by atoms with van der Waals surface area (Å²) in [5, 5.41) is 11.0.